The fourth-order valence-corrected chi connectivity index (χ4v) is 2.43. The van der Waals surface area contributed by atoms with Crippen LogP contribution in [0.4, 0.5) is 0 Å². The van der Waals surface area contributed by atoms with E-state index in [9.17, 15) is 0 Å². The number of hydrogen-bond acceptors (Lipinski definition) is 2. The summed E-state index contributed by atoms with van der Waals surface area (Å²) in [5.74, 6) is 0.589. The Kier molecular flexibility index (Phi) is 3.92. The molecule has 0 spiro atoms. The first-order valence-electron chi connectivity index (χ1n) is 6.84. The minimum atomic E-state index is 0.197. The average molecular weight is 253 g/mol. The van der Waals surface area contributed by atoms with Crippen molar-refractivity contribution in [2.24, 2.45) is 5.92 Å². The van der Waals surface area contributed by atoms with Gasteiger partial charge in [-0.15, -0.1) is 0 Å². The molecule has 1 aliphatic rings. The molecule has 1 fully saturated rings. The molecule has 98 valence electrons. The summed E-state index contributed by atoms with van der Waals surface area (Å²) in [4.78, 5) is 0. The first-order valence-corrected chi connectivity index (χ1v) is 6.84. The van der Waals surface area contributed by atoms with E-state index >= 15 is 0 Å². The van der Waals surface area contributed by atoms with Crippen molar-refractivity contribution in [3.05, 3.63) is 71.8 Å². The zero-order valence-electron chi connectivity index (χ0n) is 11.0. The van der Waals surface area contributed by atoms with Crippen LogP contribution in [0.15, 0.2) is 60.7 Å². The molecule has 0 aromatic heterocycles. The molecule has 0 radical (unpaired) electrons. The fourth-order valence-electron chi connectivity index (χ4n) is 2.43. The largest absolute Gasteiger partial charge is 0.368 e. The van der Waals surface area contributed by atoms with Crippen LogP contribution in [0.1, 0.15) is 17.2 Å². The molecule has 1 heterocycles. The Morgan fingerprint density at radius 3 is 2.16 bits per heavy atom. The molecular weight excluding hydrogens is 234 g/mol. The first kappa shape index (κ1) is 12.4. The van der Waals surface area contributed by atoms with Gasteiger partial charge in [0.25, 0.3) is 0 Å². The quantitative estimate of drug-likeness (QED) is 0.883. The summed E-state index contributed by atoms with van der Waals surface area (Å²) < 4.78 is 6.18. The lowest BCUT2D eigenvalue weighted by molar-refractivity contribution is -0.0170. The van der Waals surface area contributed by atoms with E-state index in [1.54, 1.807) is 0 Å². The molecule has 3 rings (SSSR count). The van der Waals surface area contributed by atoms with Crippen molar-refractivity contribution < 1.29 is 4.74 Å². The lowest BCUT2D eigenvalue weighted by Gasteiger charge is -2.35. The normalized spacial score (nSPS) is 16.8. The van der Waals surface area contributed by atoms with Gasteiger partial charge in [-0.3, -0.25) is 0 Å². The van der Waals surface area contributed by atoms with Crippen LogP contribution in [0.5, 0.6) is 0 Å². The van der Waals surface area contributed by atoms with Crippen LogP contribution in [0.2, 0.25) is 0 Å². The Morgan fingerprint density at radius 2 is 1.58 bits per heavy atom. The van der Waals surface area contributed by atoms with Crippen LogP contribution in [0.25, 0.3) is 0 Å². The highest BCUT2D eigenvalue weighted by Crippen LogP contribution is 2.29. The molecule has 0 saturated carbocycles. The summed E-state index contributed by atoms with van der Waals surface area (Å²) in [5.41, 5.74) is 2.51. The van der Waals surface area contributed by atoms with Gasteiger partial charge in [-0.1, -0.05) is 60.7 Å². The average Bonchev–Trinajstić information content (AvgIpc) is 2.43. The number of rotatable bonds is 5. The van der Waals surface area contributed by atoms with E-state index in [1.165, 1.54) is 11.1 Å². The van der Waals surface area contributed by atoms with Gasteiger partial charge in [-0.2, -0.15) is 0 Å². The Labute approximate surface area is 114 Å². The number of ether oxygens (including phenoxy) is 1. The van der Waals surface area contributed by atoms with E-state index < -0.39 is 0 Å². The topological polar surface area (TPSA) is 21.3 Å². The summed E-state index contributed by atoms with van der Waals surface area (Å²) in [5, 5.41) is 3.33. The monoisotopic (exact) mass is 253 g/mol. The maximum Gasteiger partial charge on any atom is 0.0881 e. The molecule has 1 saturated heterocycles. The molecule has 2 heteroatoms. The van der Waals surface area contributed by atoms with Crippen molar-refractivity contribution >= 4 is 0 Å². The van der Waals surface area contributed by atoms with Crippen LogP contribution in [-0.2, 0) is 11.3 Å². The maximum absolute atomic E-state index is 6.18. The molecule has 0 aliphatic carbocycles. The van der Waals surface area contributed by atoms with Crippen LogP contribution in [0.3, 0.4) is 0 Å². The molecule has 0 amide bonds. The van der Waals surface area contributed by atoms with E-state index in [1.807, 2.05) is 6.07 Å². The van der Waals surface area contributed by atoms with E-state index in [0.717, 1.165) is 13.1 Å². The highest BCUT2D eigenvalue weighted by molar-refractivity contribution is 5.20. The highest BCUT2D eigenvalue weighted by atomic mass is 16.5. The number of nitrogens with one attached hydrogen (secondary N) is 1. The molecule has 1 N–H and O–H groups in total. The van der Waals surface area contributed by atoms with Gasteiger partial charge in [-0.25, -0.2) is 0 Å². The summed E-state index contributed by atoms with van der Waals surface area (Å²) in [7, 11) is 0. The zero-order valence-corrected chi connectivity index (χ0v) is 11.0. The second-order valence-electron chi connectivity index (χ2n) is 5.05. The molecule has 2 nitrogen and oxygen atoms in total. The van der Waals surface area contributed by atoms with Gasteiger partial charge < -0.3 is 10.1 Å². The van der Waals surface area contributed by atoms with Crippen LogP contribution in [0, 0.1) is 5.92 Å². The minimum Gasteiger partial charge on any atom is -0.368 e. The van der Waals surface area contributed by atoms with Gasteiger partial charge in [0.15, 0.2) is 0 Å². The fraction of sp³-hybridized carbons (Fsp3) is 0.294. The summed E-state index contributed by atoms with van der Waals surface area (Å²) in [6.45, 7) is 2.78. The van der Waals surface area contributed by atoms with Crippen LogP contribution >= 0.6 is 0 Å². The van der Waals surface area contributed by atoms with Gasteiger partial charge in [0, 0.05) is 19.0 Å². The smallest absolute Gasteiger partial charge is 0.0881 e. The van der Waals surface area contributed by atoms with Gasteiger partial charge >= 0.3 is 0 Å². The van der Waals surface area contributed by atoms with Crippen molar-refractivity contribution in [2.45, 2.75) is 12.7 Å². The zero-order chi connectivity index (χ0) is 12.9. The van der Waals surface area contributed by atoms with E-state index in [2.05, 4.69) is 59.9 Å². The molecule has 19 heavy (non-hydrogen) atoms. The molecule has 2 aromatic carbocycles. The molecule has 2 aromatic rings. The molecule has 0 unspecified atom stereocenters. The Bertz CT molecular complexity index is 493. The molecular formula is C17H19NO. The molecule has 1 aliphatic heterocycles. The van der Waals surface area contributed by atoms with Crippen molar-refractivity contribution in [1.29, 1.82) is 0 Å². The molecule has 0 bridgehead atoms. The SMILES string of the molecule is c1ccc(CO[C@@H](c2ccccc2)C2CNC2)cc1. The van der Waals surface area contributed by atoms with E-state index in [4.69, 9.17) is 4.74 Å². The van der Waals surface area contributed by atoms with Crippen LogP contribution < -0.4 is 5.32 Å². The van der Waals surface area contributed by atoms with Gasteiger partial charge in [0.2, 0.25) is 0 Å². The Balaban J connectivity index is 1.70. The summed E-state index contributed by atoms with van der Waals surface area (Å²) in [6, 6.07) is 20.9. The van der Waals surface area contributed by atoms with Gasteiger partial charge in [-0.05, 0) is 11.1 Å². The standard InChI is InChI=1S/C17H19NO/c1-3-7-14(8-4-1)13-19-17(16-11-18-12-16)15-9-5-2-6-10-15/h1-10,16-18H,11-13H2/t17-/m0/s1. The van der Waals surface area contributed by atoms with Crippen molar-refractivity contribution in [2.75, 3.05) is 13.1 Å². The number of hydrogen-bond donors (Lipinski definition) is 1. The van der Waals surface area contributed by atoms with Crippen LogP contribution in [-0.4, -0.2) is 13.1 Å². The third kappa shape index (κ3) is 3.03. The first-order chi connectivity index (χ1) is 9.43. The predicted octanol–water partition coefficient (Wildman–Crippen LogP) is 3.16. The second kappa shape index (κ2) is 6.00. The Hall–Kier alpha value is -1.64. The van der Waals surface area contributed by atoms with Gasteiger partial charge in [0.1, 0.15) is 0 Å². The lowest BCUT2D eigenvalue weighted by Crippen LogP contribution is -2.45. The third-order valence-electron chi connectivity index (χ3n) is 3.64. The molecule has 1 atom stereocenters. The van der Waals surface area contributed by atoms with Crippen molar-refractivity contribution in [3.63, 3.8) is 0 Å². The lowest BCUT2D eigenvalue weighted by atomic mass is 9.91. The third-order valence-corrected chi connectivity index (χ3v) is 3.64. The summed E-state index contributed by atoms with van der Waals surface area (Å²) >= 11 is 0. The van der Waals surface area contributed by atoms with Crippen molar-refractivity contribution in [1.82, 2.24) is 5.32 Å². The predicted molar refractivity (Wildman–Crippen MR) is 76.8 cm³/mol. The highest BCUT2D eigenvalue weighted by Gasteiger charge is 2.28. The second-order valence-corrected chi connectivity index (χ2v) is 5.05. The number of benzene rings is 2. The van der Waals surface area contributed by atoms with E-state index in [0.29, 0.717) is 12.5 Å². The Morgan fingerprint density at radius 1 is 0.947 bits per heavy atom. The van der Waals surface area contributed by atoms with Crippen molar-refractivity contribution in [3.8, 4) is 0 Å². The maximum atomic E-state index is 6.18. The minimum absolute atomic E-state index is 0.197. The van der Waals surface area contributed by atoms with E-state index in [-0.39, 0.29) is 6.10 Å². The summed E-state index contributed by atoms with van der Waals surface area (Å²) in [6.07, 6.45) is 0.197. The van der Waals surface area contributed by atoms with Gasteiger partial charge in [0.05, 0.1) is 12.7 Å².